The van der Waals surface area contributed by atoms with Crippen LogP contribution in [0.15, 0.2) is 97.1 Å². The average Bonchev–Trinajstić information content (AvgIpc) is 3.34. The van der Waals surface area contributed by atoms with Crippen molar-refractivity contribution >= 4 is 27.6 Å². The molecule has 212 valence electrons. The van der Waals surface area contributed by atoms with Crippen LogP contribution in [0.5, 0.6) is 17.2 Å². The maximum absolute atomic E-state index is 13.1. The molecule has 0 aliphatic heterocycles. The number of Topliss-reactive ketones (excluding diaryl/α,β-unsaturated/α-hetero) is 1. The van der Waals surface area contributed by atoms with Crippen LogP contribution in [0.3, 0.4) is 0 Å². The number of fused-ring (bicyclic) bond motifs is 3. The van der Waals surface area contributed by atoms with E-state index in [1.807, 2.05) is 36.4 Å². The van der Waals surface area contributed by atoms with Gasteiger partial charge in [0.25, 0.3) is 0 Å². The van der Waals surface area contributed by atoms with Gasteiger partial charge in [-0.15, -0.1) is 0 Å². The predicted molar refractivity (Wildman–Crippen MR) is 168 cm³/mol. The van der Waals surface area contributed by atoms with Crippen LogP contribution < -0.4 is 9.47 Å². The number of rotatable bonds is 8. The smallest absolute Gasteiger partial charge is 0.170 e. The third-order valence-corrected chi connectivity index (χ3v) is 10.7. The lowest BCUT2D eigenvalue weighted by Gasteiger charge is -2.60. The molecule has 0 radical (unpaired) electrons. The summed E-state index contributed by atoms with van der Waals surface area (Å²) in [7, 11) is 0. The number of ether oxygens (including phenoxy) is 2. The van der Waals surface area contributed by atoms with E-state index in [0.717, 1.165) is 40.9 Å². The van der Waals surface area contributed by atoms with Gasteiger partial charge in [-0.1, -0.05) is 49.4 Å². The summed E-state index contributed by atoms with van der Waals surface area (Å²) in [6, 6.07) is 32.8. The second kappa shape index (κ2) is 10.0. The molecule has 4 aliphatic rings. The zero-order valence-electron chi connectivity index (χ0n) is 24.2. The predicted octanol–water partition coefficient (Wildman–Crippen LogP) is 9.38. The summed E-state index contributed by atoms with van der Waals surface area (Å²) in [6.07, 6.45) is 7.43. The Kier molecular flexibility index (Phi) is 6.13. The Morgan fingerprint density at radius 3 is 1.95 bits per heavy atom. The normalized spacial score (nSPS) is 26.1. The van der Waals surface area contributed by atoms with Gasteiger partial charge in [0.1, 0.15) is 23.9 Å². The molecule has 9 rings (SSSR count). The van der Waals surface area contributed by atoms with Crippen LogP contribution >= 0.6 is 0 Å². The number of hydrogen-bond donors (Lipinski definition) is 0. The van der Waals surface area contributed by atoms with Crippen molar-refractivity contribution in [3.63, 3.8) is 0 Å². The Morgan fingerprint density at radius 2 is 1.31 bits per heavy atom. The van der Waals surface area contributed by atoms with Crippen LogP contribution in [-0.4, -0.2) is 17.0 Å². The molecule has 0 unspecified atom stereocenters. The van der Waals surface area contributed by atoms with Gasteiger partial charge in [0, 0.05) is 28.9 Å². The molecule has 0 spiro atoms. The standard InChI is InChI=1S/C38H37NO3/c1-38(27-18-25-17-26(20-27)21-28(38)19-25)23-30(40)24-41-31-13-15-32(16-14-31)42-33-8-6-7-29(22-33)39-36-11-4-2-9-34(36)35-10-3-5-12-37(35)39/h2-16,22,25-28H,17-21,23-24H2,1H3. The Balaban J connectivity index is 0.938. The monoisotopic (exact) mass is 555 g/mol. The van der Waals surface area contributed by atoms with Gasteiger partial charge in [0.15, 0.2) is 5.78 Å². The molecule has 4 aromatic carbocycles. The average molecular weight is 556 g/mol. The summed E-state index contributed by atoms with van der Waals surface area (Å²) in [5, 5.41) is 2.47. The van der Waals surface area contributed by atoms with Gasteiger partial charge in [-0.2, -0.15) is 0 Å². The van der Waals surface area contributed by atoms with Crippen molar-refractivity contribution in [2.24, 2.45) is 29.1 Å². The number of para-hydroxylation sites is 2. The Labute approximate surface area is 247 Å². The lowest BCUT2D eigenvalue weighted by molar-refractivity contribution is -0.137. The first-order valence-corrected chi connectivity index (χ1v) is 15.5. The lowest BCUT2D eigenvalue weighted by Crippen LogP contribution is -2.52. The highest BCUT2D eigenvalue weighted by Gasteiger charge is 2.55. The summed E-state index contributed by atoms with van der Waals surface area (Å²) in [5.41, 5.74) is 3.56. The molecule has 4 fully saturated rings. The van der Waals surface area contributed by atoms with Gasteiger partial charge in [-0.25, -0.2) is 0 Å². The maximum Gasteiger partial charge on any atom is 0.170 e. The van der Waals surface area contributed by atoms with Crippen molar-refractivity contribution in [3.8, 4) is 22.9 Å². The van der Waals surface area contributed by atoms with Crippen molar-refractivity contribution < 1.29 is 14.3 Å². The number of benzene rings is 4. The molecule has 42 heavy (non-hydrogen) atoms. The van der Waals surface area contributed by atoms with Gasteiger partial charge in [0.05, 0.1) is 11.0 Å². The maximum atomic E-state index is 13.1. The zero-order chi connectivity index (χ0) is 28.3. The number of carbonyl (C=O) groups excluding carboxylic acids is 1. The van der Waals surface area contributed by atoms with Crippen molar-refractivity contribution in [2.75, 3.05) is 6.61 Å². The lowest BCUT2D eigenvalue weighted by atomic mass is 9.45. The van der Waals surface area contributed by atoms with Crippen LogP contribution in [0.1, 0.15) is 45.4 Å². The molecule has 0 saturated heterocycles. The molecule has 4 heteroatoms. The van der Waals surface area contributed by atoms with Crippen molar-refractivity contribution in [3.05, 3.63) is 97.1 Å². The summed E-state index contributed by atoms with van der Waals surface area (Å²) in [6.45, 7) is 2.53. The molecule has 0 amide bonds. The summed E-state index contributed by atoms with van der Waals surface area (Å²) in [4.78, 5) is 13.1. The first-order chi connectivity index (χ1) is 20.5. The Morgan fingerprint density at radius 1 is 0.714 bits per heavy atom. The summed E-state index contributed by atoms with van der Waals surface area (Å²) >= 11 is 0. The van der Waals surface area contributed by atoms with E-state index >= 15 is 0 Å². The summed E-state index contributed by atoms with van der Waals surface area (Å²) < 4.78 is 14.5. The highest BCUT2D eigenvalue weighted by molar-refractivity contribution is 6.09. The third-order valence-electron chi connectivity index (χ3n) is 10.7. The second-order valence-corrected chi connectivity index (χ2v) is 13.3. The number of nitrogens with zero attached hydrogens (tertiary/aromatic N) is 1. The topological polar surface area (TPSA) is 40.5 Å². The first-order valence-electron chi connectivity index (χ1n) is 15.5. The minimum Gasteiger partial charge on any atom is -0.486 e. The van der Waals surface area contributed by atoms with Gasteiger partial charge < -0.3 is 14.0 Å². The minimum absolute atomic E-state index is 0.142. The van der Waals surface area contributed by atoms with E-state index in [-0.39, 0.29) is 17.8 Å². The molecule has 4 nitrogen and oxygen atoms in total. The van der Waals surface area contributed by atoms with Crippen LogP contribution in [0.4, 0.5) is 0 Å². The Bertz CT molecular complexity index is 1700. The van der Waals surface area contributed by atoms with Gasteiger partial charge >= 0.3 is 0 Å². The summed E-state index contributed by atoms with van der Waals surface area (Å²) in [5.74, 6) is 5.71. The van der Waals surface area contributed by atoms with E-state index in [9.17, 15) is 4.79 Å². The van der Waals surface area contributed by atoms with Crippen molar-refractivity contribution in [1.82, 2.24) is 4.57 Å². The Hall–Kier alpha value is -4.05. The molecule has 4 aliphatic carbocycles. The largest absolute Gasteiger partial charge is 0.486 e. The number of hydrogen-bond acceptors (Lipinski definition) is 3. The SMILES string of the molecule is CC1(CC(=O)COc2ccc(Oc3cccc(-n4c5ccccc5c5ccccc54)c3)cc2)C2CC3CC(C2)CC1C3. The second-order valence-electron chi connectivity index (χ2n) is 13.3. The van der Waals surface area contributed by atoms with E-state index < -0.39 is 0 Å². The quantitative estimate of drug-likeness (QED) is 0.191. The van der Waals surface area contributed by atoms with Crippen LogP contribution in [-0.2, 0) is 4.79 Å². The molecule has 0 atom stereocenters. The van der Waals surface area contributed by atoms with E-state index in [1.165, 1.54) is 53.9 Å². The highest BCUT2D eigenvalue weighted by atomic mass is 16.5. The number of carbonyl (C=O) groups is 1. The minimum atomic E-state index is 0.142. The van der Waals surface area contributed by atoms with Gasteiger partial charge in [-0.05, 0) is 110 Å². The first kappa shape index (κ1) is 25.6. The molecule has 4 saturated carbocycles. The van der Waals surface area contributed by atoms with E-state index in [0.29, 0.717) is 12.2 Å². The van der Waals surface area contributed by atoms with Crippen molar-refractivity contribution in [1.29, 1.82) is 0 Å². The fraction of sp³-hybridized carbons (Fsp3) is 0.342. The highest BCUT2D eigenvalue weighted by Crippen LogP contribution is 2.63. The molecule has 1 aromatic heterocycles. The molecular weight excluding hydrogens is 518 g/mol. The van der Waals surface area contributed by atoms with Crippen molar-refractivity contribution in [2.45, 2.75) is 45.4 Å². The van der Waals surface area contributed by atoms with Gasteiger partial charge in [-0.3, -0.25) is 4.79 Å². The zero-order valence-corrected chi connectivity index (χ0v) is 24.2. The fourth-order valence-corrected chi connectivity index (χ4v) is 8.82. The van der Waals surface area contributed by atoms with E-state index in [2.05, 4.69) is 72.2 Å². The molecule has 0 N–H and O–H groups in total. The van der Waals surface area contributed by atoms with Crippen LogP contribution in [0.2, 0.25) is 0 Å². The van der Waals surface area contributed by atoms with E-state index in [4.69, 9.17) is 9.47 Å². The van der Waals surface area contributed by atoms with Crippen LogP contribution in [0.25, 0.3) is 27.5 Å². The number of ketones is 1. The van der Waals surface area contributed by atoms with Crippen LogP contribution in [0, 0.1) is 29.1 Å². The fourth-order valence-electron chi connectivity index (χ4n) is 8.82. The molecule has 5 aromatic rings. The van der Waals surface area contributed by atoms with Gasteiger partial charge in [0.2, 0.25) is 0 Å². The third kappa shape index (κ3) is 4.40. The number of aromatic nitrogens is 1. The molecule has 4 bridgehead atoms. The van der Waals surface area contributed by atoms with E-state index in [1.54, 1.807) is 0 Å². The molecular formula is C38H37NO3. The molecule has 1 heterocycles.